The molecule has 8 nitrogen and oxygen atoms in total. The van der Waals surface area contributed by atoms with E-state index in [-0.39, 0.29) is 17.2 Å². The van der Waals surface area contributed by atoms with Gasteiger partial charge in [-0.05, 0) is 12.3 Å². The molecule has 2 rings (SSSR count). The van der Waals surface area contributed by atoms with Crippen molar-refractivity contribution < 1.29 is 17.9 Å². The van der Waals surface area contributed by atoms with Crippen molar-refractivity contribution in [3.63, 3.8) is 0 Å². The number of hydrogen-bond donors (Lipinski definition) is 1. The monoisotopic (exact) mass is 290 g/mol. The van der Waals surface area contributed by atoms with Gasteiger partial charge in [-0.3, -0.25) is 4.57 Å². The van der Waals surface area contributed by atoms with Crippen LogP contribution < -0.4 is 5.14 Å². The second kappa shape index (κ2) is 5.53. The number of ether oxygens (including phenoxy) is 2. The number of nitrogens with zero attached hydrogens (tertiary/aromatic N) is 3. The second-order valence-corrected chi connectivity index (χ2v) is 6.04. The Kier molecular flexibility index (Phi) is 4.19. The molecule has 1 fully saturated rings. The highest BCUT2D eigenvalue weighted by molar-refractivity contribution is 7.89. The Bertz CT molecular complexity index is 542. The minimum Gasteiger partial charge on any atom is -0.383 e. The molecule has 2 unspecified atom stereocenters. The first-order chi connectivity index (χ1) is 8.95. The van der Waals surface area contributed by atoms with Crippen LogP contribution in [0.25, 0.3) is 0 Å². The third kappa shape index (κ3) is 2.94. The van der Waals surface area contributed by atoms with Gasteiger partial charge in [0.05, 0.1) is 13.2 Å². The summed E-state index contributed by atoms with van der Waals surface area (Å²) in [5, 5.41) is 12.5. The van der Waals surface area contributed by atoms with E-state index in [4.69, 9.17) is 14.6 Å². The SMILES string of the molecule is COCCn1c(C2OCCC2C)nnc1S(N)(=O)=O. The van der Waals surface area contributed by atoms with E-state index in [0.29, 0.717) is 25.6 Å². The molecule has 1 aliphatic rings. The molecule has 9 heteroatoms. The number of sulfonamides is 1. The lowest BCUT2D eigenvalue weighted by molar-refractivity contribution is 0.0813. The molecule has 1 aromatic rings. The van der Waals surface area contributed by atoms with Gasteiger partial charge in [0.15, 0.2) is 5.82 Å². The molecular formula is C10H18N4O4S. The van der Waals surface area contributed by atoms with E-state index < -0.39 is 10.0 Å². The fourth-order valence-electron chi connectivity index (χ4n) is 2.14. The number of aromatic nitrogens is 3. The number of nitrogens with two attached hydrogens (primary N) is 1. The molecule has 2 N–H and O–H groups in total. The van der Waals surface area contributed by atoms with Crippen molar-refractivity contribution in [2.45, 2.75) is 31.1 Å². The molecule has 108 valence electrons. The van der Waals surface area contributed by atoms with Crippen LogP contribution in [0.2, 0.25) is 0 Å². The normalized spacial score (nSPS) is 23.9. The van der Waals surface area contributed by atoms with Gasteiger partial charge in [-0.2, -0.15) is 0 Å². The molecule has 0 bridgehead atoms. The van der Waals surface area contributed by atoms with Gasteiger partial charge in [-0.15, -0.1) is 10.2 Å². The molecule has 0 amide bonds. The largest absolute Gasteiger partial charge is 0.383 e. The van der Waals surface area contributed by atoms with Crippen LogP contribution in [-0.2, 0) is 26.0 Å². The summed E-state index contributed by atoms with van der Waals surface area (Å²) in [7, 11) is -2.37. The van der Waals surface area contributed by atoms with E-state index in [2.05, 4.69) is 10.2 Å². The zero-order valence-electron chi connectivity index (χ0n) is 10.9. The van der Waals surface area contributed by atoms with Gasteiger partial charge in [0, 0.05) is 13.7 Å². The van der Waals surface area contributed by atoms with Crippen molar-refractivity contribution in [3.05, 3.63) is 5.82 Å². The van der Waals surface area contributed by atoms with Crippen molar-refractivity contribution in [1.82, 2.24) is 14.8 Å². The van der Waals surface area contributed by atoms with Crippen molar-refractivity contribution >= 4 is 10.0 Å². The van der Waals surface area contributed by atoms with E-state index in [1.165, 1.54) is 11.7 Å². The first kappa shape index (κ1) is 14.4. The zero-order valence-corrected chi connectivity index (χ0v) is 11.8. The fraction of sp³-hybridized carbons (Fsp3) is 0.800. The van der Waals surface area contributed by atoms with Crippen LogP contribution in [-0.4, -0.2) is 43.5 Å². The number of hydrogen-bond acceptors (Lipinski definition) is 6. The van der Waals surface area contributed by atoms with Gasteiger partial charge in [-0.25, -0.2) is 13.6 Å². The second-order valence-electron chi connectivity index (χ2n) is 4.59. The molecule has 0 aromatic carbocycles. The molecule has 1 aliphatic heterocycles. The topological polar surface area (TPSA) is 109 Å². The summed E-state index contributed by atoms with van der Waals surface area (Å²) in [5.74, 6) is 0.755. The minimum atomic E-state index is -3.91. The molecular weight excluding hydrogens is 272 g/mol. The van der Waals surface area contributed by atoms with Crippen LogP contribution >= 0.6 is 0 Å². The molecule has 1 saturated heterocycles. The van der Waals surface area contributed by atoms with Crippen molar-refractivity contribution in [3.8, 4) is 0 Å². The van der Waals surface area contributed by atoms with E-state index in [1.54, 1.807) is 0 Å². The summed E-state index contributed by atoms with van der Waals surface area (Å²) in [6.07, 6.45) is 0.659. The first-order valence-corrected chi connectivity index (χ1v) is 7.56. The van der Waals surface area contributed by atoms with E-state index in [1.807, 2.05) is 6.92 Å². The summed E-state index contributed by atoms with van der Waals surface area (Å²) >= 11 is 0. The zero-order chi connectivity index (χ0) is 14.0. The predicted octanol–water partition coefficient (Wildman–Crippen LogP) is -0.331. The van der Waals surface area contributed by atoms with Crippen molar-refractivity contribution in [2.75, 3.05) is 20.3 Å². The quantitative estimate of drug-likeness (QED) is 0.795. The van der Waals surface area contributed by atoms with Crippen LogP contribution in [0.5, 0.6) is 0 Å². The lowest BCUT2D eigenvalue weighted by atomic mass is 10.0. The lowest BCUT2D eigenvalue weighted by Crippen LogP contribution is -2.22. The number of primary sulfonamides is 1. The van der Waals surface area contributed by atoms with Gasteiger partial charge >= 0.3 is 0 Å². The van der Waals surface area contributed by atoms with Crippen LogP contribution in [0, 0.1) is 5.92 Å². The van der Waals surface area contributed by atoms with Crippen LogP contribution in [0.1, 0.15) is 25.3 Å². The van der Waals surface area contributed by atoms with E-state index in [9.17, 15) is 8.42 Å². The maximum Gasteiger partial charge on any atom is 0.273 e. The third-order valence-corrected chi connectivity index (χ3v) is 3.97. The van der Waals surface area contributed by atoms with E-state index in [0.717, 1.165) is 6.42 Å². The standard InChI is InChI=1S/C10H18N4O4S/c1-7-3-5-18-8(7)9-12-13-10(19(11,15)16)14(9)4-6-17-2/h7-8H,3-6H2,1-2H3,(H2,11,15,16). The minimum absolute atomic E-state index is 0.248. The molecule has 0 saturated carbocycles. The van der Waals surface area contributed by atoms with Crippen molar-refractivity contribution in [2.24, 2.45) is 11.1 Å². The smallest absolute Gasteiger partial charge is 0.273 e. The maximum absolute atomic E-state index is 11.5. The fourth-order valence-corrected chi connectivity index (χ4v) is 2.79. The number of methoxy groups -OCH3 is 1. The average molecular weight is 290 g/mol. The van der Waals surface area contributed by atoms with Gasteiger partial charge < -0.3 is 9.47 Å². The van der Waals surface area contributed by atoms with E-state index >= 15 is 0 Å². The molecule has 2 heterocycles. The Morgan fingerprint density at radius 3 is 2.79 bits per heavy atom. The lowest BCUT2D eigenvalue weighted by Gasteiger charge is -2.16. The molecule has 0 spiro atoms. The van der Waals surface area contributed by atoms with Crippen LogP contribution in [0.4, 0.5) is 0 Å². The summed E-state index contributed by atoms with van der Waals surface area (Å²) in [6.45, 7) is 3.32. The van der Waals surface area contributed by atoms with Gasteiger partial charge in [0.2, 0.25) is 0 Å². The molecule has 19 heavy (non-hydrogen) atoms. The molecule has 2 atom stereocenters. The Morgan fingerprint density at radius 2 is 2.26 bits per heavy atom. The summed E-state index contributed by atoms with van der Waals surface area (Å²) in [6, 6.07) is 0. The average Bonchev–Trinajstić information content (AvgIpc) is 2.90. The highest BCUT2D eigenvalue weighted by Gasteiger charge is 2.33. The Hall–Kier alpha value is -1.03. The highest BCUT2D eigenvalue weighted by Crippen LogP contribution is 2.33. The van der Waals surface area contributed by atoms with Crippen LogP contribution in [0.15, 0.2) is 5.16 Å². The predicted molar refractivity (Wildman–Crippen MR) is 65.7 cm³/mol. The summed E-state index contributed by atoms with van der Waals surface area (Å²) in [4.78, 5) is 0. The maximum atomic E-state index is 11.5. The molecule has 0 aliphatic carbocycles. The summed E-state index contributed by atoms with van der Waals surface area (Å²) < 4.78 is 35.0. The van der Waals surface area contributed by atoms with Gasteiger partial charge in [-0.1, -0.05) is 6.92 Å². The van der Waals surface area contributed by atoms with Crippen LogP contribution in [0.3, 0.4) is 0 Å². The Morgan fingerprint density at radius 1 is 1.53 bits per heavy atom. The van der Waals surface area contributed by atoms with Gasteiger partial charge in [0.1, 0.15) is 6.10 Å². The molecule has 1 aromatic heterocycles. The first-order valence-electron chi connectivity index (χ1n) is 6.01. The summed E-state index contributed by atoms with van der Waals surface area (Å²) in [5.41, 5.74) is 0. The molecule has 0 radical (unpaired) electrons. The highest BCUT2D eigenvalue weighted by atomic mass is 32.2. The Balaban J connectivity index is 2.40. The number of rotatable bonds is 5. The van der Waals surface area contributed by atoms with Crippen molar-refractivity contribution in [1.29, 1.82) is 0 Å². The Labute approximate surface area is 111 Å². The third-order valence-electron chi connectivity index (χ3n) is 3.16. The van der Waals surface area contributed by atoms with Gasteiger partial charge in [0.25, 0.3) is 15.2 Å².